The number of anilines is 1. The van der Waals surface area contributed by atoms with E-state index in [4.69, 9.17) is 0 Å². The van der Waals surface area contributed by atoms with Crippen LogP contribution in [-0.4, -0.2) is 35.8 Å². The topological polar surface area (TPSA) is 64.4 Å². The largest absolute Gasteiger partial charge is 0.465 e. The monoisotopic (exact) mass is 341 g/mol. The number of amides is 1. The minimum absolute atomic E-state index is 0.0394. The number of hydrogen-bond acceptors (Lipinski definition) is 4. The molecule has 6 heteroatoms. The summed E-state index contributed by atoms with van der Waals surface area (Å²) < 4.78 is 6.68. The van der Waals surface area contributed by atoms with E-state index in [2.05, 4.69) is 9.84 Å². The van der Waals surface area contributed by atoms with Gasteiger partial charge in [0.2, 0.25) is 5.91 Å². The Morgan fingerprint density at radius 1 is 1.20 bits per heavy atom. The number of aromatic nitrogens is 2. The highest BCUT2D eigenvalue weighted by Gasteiger charge is 2.19. The smallest absolute Gasteiger partial charge is 0.337 e. The van der Waals surface area contributed by atoms with Crippen molar-refractivity contribution in [2.75, 3.05) is 19.1 Å². The van der Waals surface area contributed by atoms with E-state index in [1.165, 1.54) is 32.8 Å². The first-order valence-corrected chi connectivity index (χ1v) is 8.57. The van der Waals surface area contributed by atoms with E-state index in [0.29, 0.717) is 11.6 Å². The van der Waals surface area contributed by atoms with Crippen LogP contribution in [0.3, 0.4) is 0 Å². The first-order valence-electron chi connectivity index (χ1n) is 8.57. The number of nitrogens with zero attached hydrogens (tertiary/aromatic N) is 3. The number of hydrogen-bond donors (Lipinski definition) is 0. The van der Waals surface area contributed by atoms with Crippen molar-refractivity contribution in [3.8, 4) is 0 Å². The zero-order valence-electron chi connectivity index (χ0n) is 14.6. The fraction of sp³-hybridized carbons (Fsp3) is 0.421. The second kappa shape index (κ2) is 7.51. The maximum absolute atomic E-state index is 12.5. The molecule has 1 amide bonds. The van der Waals surface area contributed by atoms with Crippen LogP contribution in [0.5, 0.6) is 0 Å². The standard InChI is InChI=1S/C19H23N3O3/c1-21(16-9-7-14(8-10-16)19(24)25-2)18(23)13-15-11-12-22(20-15)17-5-3-4-6-17/h7-12,17H,3-6,13H2,1-2H3. The Labute approximate surface area is 147 Å². The highest BCUT2D eigenvalue weighted by Crippen LogP contribution is 2.28. The highest BCUT2D eigenvalue weighted by atomic mass is 16.5. The van der Waals surface area contributed by atoms with Gasteiger partial charge in [-0.15, -0.1) is 0 Å². The molecule has 0 saturated heterocycles. The van der Waals surface area contributed by atoms with E-state index < -0.39 is 5.97 Å². The van der Waals surface area contributed by atoms with Crippen LogP contribution < -0.4 is 4.90 Å². The minimum Gasteiger partial charge on any atom is -0.465 e. The Morgan fingerprint density at radius 2 is 1.88 bits per heavy atom. The van der Waals surface area contributed by atoms with E-state index in [1.807, 2.05) is 16.9 Å². The van der Waals surface area contributed by atoms with Crippen molar-refractivity contribution in [3.05, 3.63) is 47.8 Å². The third-order valence-electron chi connectivity index (χ3n) is 4.74. The molecule has 1 aromatic heterocycles. The van der Waals surface area contributed by atoms with E-state index in [1.54, 1.807) is 36.2 Å². The third kappa shape index (κ3) is 3.90. The number of methoxy groups -OCH3 is 1. The number of rotatable bonds is 5. The van der Waals surface area contributed by atoms with Crippen LogP contribution in [0.4, 0.5) is 5.69 Å². The van der Waals surface area contributed by atoms with E-state index in [-0.39, 0.29) is 12.3 Å². The number of carbonyl (C=O) groups is 2. The van der Waals surface area contributed by atoms with Crippen molar-refractivity contribution in [2.24, 2.45) is 0 Å². The second-order valence-electron chi connectivity index (χ2n) is 6.39. The molecule has 1 aliphatic carbocycles. The van der Waals surface area contributed by atoms with Gasteiger partial charge in [0.1, 0.15) is 0 Å². The summed E-state index contributed by atoms with van der Waals surface area (Å²) in [6, 6.07) is 9.18. The van der Waals surface area contributed by atoms with Crippen LogP contribution >= 0.6 is 0 Å². The number of esters is 1. The van der Waals surface area contributed by atoms with Crippen molar-refractivity contribution in [1.29, 1.82) is 0 Å². The van der Waals surface area contributed by atoms with Gasteiger partial charge in [0.25, 0.3) is 0 Å². The number of carbonyl (C=O) groups excluding carboxylic acids is 2. The van der Waals surface area contributed by atoms with E-state index in [0.717, 1.165) is 11.4 Å². The normalized spacial score (nSPS) is 14.5. The van der Waals surface area contributed by atoms with Gasteiger partial charge in [-0.05, 0) is 43.2 Å². The summed E-state index contributed by atoms with van der Waals surface area (Å²) in [5.41, 5.74) is 1.98. The molecule has 0 unspecified atom stereocenters. The first kappa shape index (κ1) is 17.2. The lowest BCUT2D eigenvalue weighted by Gasteiger charge is -2.17. The summed E-state index contributed by atoms with van der Waals surface area (Å²) in [5.74, 6) is -0.430. The van der Waals surface area contributed by atoms with Crippen LogP contribution in [-0.2, 0) is 16.0 Å². The average molecular weight is 341 g/mol. The van der Waals surface area contributed by atoms with Crippen LogP contribution in [0.1, 0.15) is 47.8 Å². The molecule has 6 nitrogen and oxygen atoms in total. The molecule has 0 N–H and O–H groups in total. The van der Waals surface area contributed by atoms with Crippen molar-refractivity contribution in [1.82, 2.24) is 9.78 Å². The average Bonchev–Trinajstić information content (AvgIpc) is 3.32. The van der Waals surface area contributed by atoms with Crippen LogP contribution in [0.25, 0.3) is 0 Å². The molecule has 1 heterocycles. The minimum atomic E-state index is -0.391. The van der Waals surface area contributed by atoms with Crippen molar-refractivity contribution < 1.29 is 14.3 Å². The summed E-state index contributed by atoms with van der Waals surface area (Å²) >= 11 is 0. The Hall–Kier alpha value is -2.63. The van der Waals surface area contributed by atoms with Crippen LogP contribution in [0, 0.1) is 0 Å². The van der Waals surface area contributed by atoms with Crippen LogP contribution in [0.15, 0.2) is 36.5 Å². The molecule has 132 valence electrons. The van der Waals surface area contributed by atoms with Gasteiger partial charge in [-0.2, -0.15) is 5.10 Å². The number of benzene rings is 1. The lowest BCUT2D eigenvalue weighted by molar-refractivity contribution is -0.117. The summed E-state index contributed by atoms with van der Waals surface area (Å²) in [4.78, 5) is 25.6. The molecule has 25 heavy (non-hydrogen) atoms. The van der Waals surface area contributed by atoms with Crippen molar-refractivity contribution in [3.63, 3.8) is 0 Å². The van der Waals surface area contributed by atoms with Gasteiger partial charge in [0.15, 0.2) is 0 Å². The van der Waals surface area contributed by atoms with Gasteiger partial charge < -0.3 is 9.64 Å². The summed E-state index contributed by atoms with van der Waals surface area (Å²) in [6.07, 6.45) is 7.08. The van der Waals surface area contributed by atoms with Gasteiger partial charge in [-0.25, -0.2) is 4.79 Å². The lowest BCUT2D eigenvalue weighted by atomic mass is 10.2. The molecule has 0 atom stereocenters. The quantitative estimate of drug-likeness (QED) is 0.784. The highest BCUT2D eigenvalue weighted by molar-refractivity contribution is 5.95. The summed E-state index contributed by atoms with van der Waals surface area (Å²) in [7, 11) is 3.07. The molecular formula is C19H23N3O3. The number of ether oxygens (including phenoxy) is 1. The maximum Gasteiger partial charge on any atom is 0.337 e. The van der Waals surface area contributed by atoms with Gasteiger partial charge in [-0.1, -0.05) is 12.8 Å². The van der Waals surface area contributed by atoms with Gasteiger partial charge in [0, 0.05) is 18.9 Å². The predicted octanol–water partition coefficient (Wildman–Crippen LogP) is 2.99. The lowest BCUT2D eigenvalue weighted by Crippen LogP contribution is -2.28. The van der Waals surface area contributed by atoms with Crippen molar-refractivity contribution >= 4 is 17.6 Å². The van der Waals surface area contributed by atoms with E-state index >= 15 is 0 Å². The van der Waals surface area contributed by atoms with Gasteiger partial charge in [-0.3, -0.25) is 9.48 Å². The molecule has 1 aromatic carbocycles. The molecular weight excluding hydrogens is 318 g/mol. The predicted molar refractivity (Wildman–Crippen MR) is 94.6 cm³/mol. The molecule has 0 aliphatic heterocycles. The molecule has 1 fully saturated rings. The Kier molecular flexibility index (Phi) is 5.16. The zero-order valence-corrected chi connectivity index (χ0v) is 14.6. The maximum atomic E-state index is 12.5. The zero-order chi connectivity index (χ0) is 17.8. The molecule has 0 radical (unpaired) electrons. The molecule has 1 aliphatic rings. The van der Waals surface area contributed by atoms with Crippen LogP contribution in [0.2, 0.25) is 0 Å². The Balaban J connectivity index is 1.63. The second-order valence-corrected chi connectivity index (χ2v) is 6.39. The molecule has 0 bridgehead atoms. The molecule has 1 saturated carbocycles. The Morgan fingerprint density at radius 3 is 2.52 bits per heavy atom. The molecule has 2 aromatic rings. The van der Waals surface area contributed by atoms with Gasteiger partial charge in [0.05, 0.1) is 30.8 Å². The fourth-order valence-electron chi connectivity index (χ4n) is 3.20. The number of likely N-dealkylation sites (N-methyl/N-ethyl adjacent to an activating group) is 1. The molecule has 3 rings (SSSR count). The summed E-state index contributed by atoms with van der Waals surface area (Å²) in [6.45, 7) is 0. The third-order valence-corrected chi connectivity index (χ3v) is 4.74. The SMILES string of the molecule is COC(=O)c1ccc(N(C)C(=O)Cc2ccn(C3CCCC3)n2)cc1. The molecule has 0 spiro atoms. The van der Waals surface area contributed by atoms with Crippen molar-refractivity contribution in [2.45, 2.75) is 38.1 Å². The Bertz CT molecular complexity index is 746. The van der Waals surface area contributed by atoms with Gasteiger partial charge >= 0.3 is 5.97 Å². The summed E-state index contributed by atoms with van der Waals surface area (Å²) in [5, 5.41) is 4.56. The van der Waals surface area contributed by atoms with E-state index in [9.17, 15) is 9.59 Å². The first-order chi connectivity index (χ1) is 12.1. The fourth-order valence-corrected chi connectivity index (χ4v) is 3.20.